The third kappa shape index (κ3) is 2.24. The SMILES string of the molecule is C[C@]12CC[C@H]3[C@@H](CC[C@@]4(O)C[C@@H](O)CC[C@]34C)[C@@]1(O)CC[C@@]2(O)C1=CC(=O)OC1. The van der Waals surface area contributed by atoms with Gasteiger partial charge in [0.05, 0.1) is 22.9 Å². The number of carbonyl (C=O) groups excluding carboxylic acids is 1. The van der Waals surface area contributed by atoms with Crippen LogP contribution in [0.3, 0.4) is 0 Å². The number of cyclic esters (lactones) is 1. The van der Waals surface area contributed by atoms with Gasteiger partial charge >= 0.3 is 5.97 Å². The van der Waals surface area contributed by atoms with Crippen molar-refractivity contribution in [2.75, 3.05) is 6.61 Å². The van der Waals surface area contributed by atoms with Crippen LogP contribution in [0, 0.1) is 22.7 Å². The quantitative estimate of drug-likeness (QED) is 0.495. The van der Waals surface area contributed by atoms with Crippen LogP contribution in [0.25, 0.3) is 0 Å². The molecule has 4 aliphatic carbocycles. The minimum absolute atomic E-state index is 0.00517. The van der Waals surface area contributed by atoms with Crippen molar-refractivity contribution in [3.63, 3.8) is 0 Å². The van der Waals surface area contributed by atoms with Gasteiger partial charge in [-0.2, -0.15) is 0 Å². The molecule has 0 unspecified atom stereocenters. The molecule has 4 fully saturated rings. The van der Waals surface area contributed by atoms with E-state index in [1.54, 1.807) is 0 Å². The molecule has 0 spiro atoms. The molecule has 4 N–H and O–H groups in total. The first-order valence-electron chi connectivity index (χ1n) is 11.2. The van der Waals surface area contributed by atoms with Crippen LogP contribution in [0.1, 0.15) is 71.6 Å². The lowest BCUT2D eigenvalue weighted by atomic mass is 9.41. The van der Waals surface area contributed by atoms with E-state index in [2.05, 4.69) is 6.92 Å². The fraction of sp³-hybridized carbons (Fsp3) is 0.870. The van der Waals surface area contributed by atoms with Gasteiger partial charge in [0.15, 0.2) is 0 Å². The second kappa shape index (κ2) is 5.84. The van der Waals surface area contributed by atoms with Gasteiger partial charge < -0.3 is 25.2 Å². The molecule has 0 aromatic heterocycles. The van der Waals surface area contributed by atoms with Gasteiger partial charge in [-0.3, -0.25) is 0 Å². The summed E-state index contributed by atoms with van der Waals surface area (Å²) in [4.78, 5) is 11.7. The number of carbonyl (C=O) groups is 1. The third-order valence-corrected chi connectivity index (χ3v) is 10.3. The van der Waals surface area contributed by atoms with Gasteiger partial charge in [-0.1, -0.05) is 13.8 Å². The van der Waals surface area contributed by atoms with Gasteiger partial charge in [-0.25, -0.2) is 4.79 Å². The Morgan fingerprint density at radius 3 is 2.38 bits per heavy atom. The highest BCUT2D eigenvalue weighted by molar-refractivity contribution is 5.86. The zero-order chi connectivity index (χ0) is 20.9. The Bertz CT molecular complexity index is 779. The van der Waals surface area contributed by atoms with E-state index >= 15 is 0 Å². The molecule has 1 heterocycles. The lowest BCUT2D eigenvalue weighted by Gasteiger charge is -2.66. The minimum Gasteiger partial charge on any atom is -0.458 e. The summed E-state index contributed by atoms with van der Waals surface area (Å²) in [6, 6.07) is 0. The Balaban J connectivity index is 1.53. The second-order valence-corrected chi connectivity index (χ2v) is 11.0. The van der Waals surface area contributed by atoms with Crippen molar-refractivity contribution >= 4 is 5.97 Å². The molecule has 6 heteroatoms. The lowest BCUT2D eigenvalue weighted by Crippen LogP contribution is -2.69. The number of hydrogen-bond acceptors (Lipinski definition) is 6. The van der Waals surface area contributed by atoms with Crippen LogP contribution in [0.2, 0.25) is 0 Å². The molecule has 0 aromatic carbocycles. The molecular formula is C23H34O6. The van der Waals surface area contributed by atoms with Crippen molar-refractivity contribution < 1.29 is 30.0 Å². The van der Waals surface area contributed by atoms with Crippen LogP contribution in [0.5, 0.6) is 0 Å². The number of aliphatic hydroxyl groups excluding tert-OH is 1. The Morgan fingerprint density at radius 2 is 1.69 bits per heavy atom. The smallest absolute Gasteiger partial charge is 0.331 e. The highest BCUT2D eigenvalue weighted by Gasteiger charge is 2.74. The number of hydrogen-bond donors (Lipinski definition) is 4. The van der Waals surface area contributed by atoms with E-state index in [-0.39, 0.29) is 23.9 Å². The van der Waals surface area contributed by atoms with Crippen molar-refractivity contribution in [2.45, 2.75) is 94.5 Å². The highest BCUT2D eigenvalue weighted by Crippen LogP contribution is 2.71. The van der Waals surface area contributed by atoms with Gasteiger partial charge in [0.1, 0.15) is 6.61 Å². The summed E-state index contributed by atoms with van der Waals surface area (Å²) in [7, 11) is 0. The number of ether oxygens (including phenoxy) is 1. The maximum atomic E-state index is 12.1. The maximum Gasteiger partial charge on any atom is 0.331 e. The number of rotatable bonds is 1. The van der Waals surface area contributed by atoms with Gasteiger partial charge in [0.2, 0.25) is 0 Å². The van der Waals surface area contributed by atoms with Gasteiger partial charge in [-0.15, -0.1) is 0 Å². The predicted molar refractivity (Wildman–Crippen MR) is 105 cm³/mol. The predicted octanol–water partition coefficient (Wildman–Crippen LogP) is 1.83. The normalized spacial score (nSPS) is 56.8. The molecule has 0 bridgehead atoms. The molecule has 0 radical (unpaired) electrons. The molecule has 0 saturated heterocycles. The Labute approximate surface area is 172 Å². The summed E-state index contributed by atoms with van der Waals surface area (Å²) in [6.07, 6.45) is 6.46. The minimum atomic E-state index is -1.24. The standard InChI is InChI=1S/C23H34O6/c1-19-6-3-15(24)12-21(19,26)8-5-17-16(19)4-7-20(2)22(27,9-10-23(17,20)28)14-11-18(25)29-13-14/h11,15-17,24,26-28H,3-10,12-13H2,1-2H3/t15-,16-,17+,19+,20+,21+,22+,23-/m0/s1. The first kappa shape index (κ1) is 20.0. The fourth-order valence-electron chi connectivity index (χ4n) is 8.34. The first-order chi connectivity index (χ1) is 13.5. The Morgan fingerprint density at radius 1 is 0.966 bits per heavy atom. The van der Waals surface area contributed by atoms with E-state index in [4.69, 9.17) is 4.74 Å². The molecular weight excluding hydrogens is 372 g/mol. The zero-order valence-corrected chi connectivity index (χ0v) is 17.5. The monoisotopic (exact) mass is 406 g/mol. The van der Waals surface area contributed by atoms with Crippen molar-refractivity contribution in [1.29, 1.82) is 0 Å². The van der Waals surface area contributed by atoms with Crippen LogP contribution >= 0.6 is 0 Å². The molecule has 6 nitrogen and oxygen atoms in total. The average molecular weight is 407 g/mol. The van der Waals surface area contributed by atoms with Crippen LogP contribution in [-0.2, 0) is 9.53 Å². The fourth-order valence-corrected chi connectivity index (χ4v) is 8.34. The van der Waals surface area contributed by atoms with Gasteiger partial charge in [0, 0.05) is 23.5 Å². The molecule has 5 rings (SSSR count). The van der Waals surface area contributed by atoms with Crippen molar-refractivity contribution in [1.82, 2.24) is 0 Å². The van der Waals surface area contributed by atoms with E-state index < -0.39 is 34.3 Å². The summed E-state index contributed by atoms with van der Waals surface area (Å²) >= 11 is 0. The summed E-state index contributed by atoms with van der Waals surface area (Å²) in [5.41, 5.74) is -3.66. The molecule has 8 atom stereocenters. The van der Waals surface area contributed by atoms with E-state index in [0.717, 1.165) is 12.8 Å². The Hall–Kier alpha value is -0.950. The van der Waals surface area contributed by atoms with Crippen molar-refractivity contribution in [3.8, 4) is 0 Å². The molecule has 5 aliphatic rings. The topological polar surface area (TPSA) is 107 Å². The summed E-state index contributed by atoms with van der Waals surface area (Å²) in [6.45, 7) is 4.23. The van der Waals surface area contributed by atoms with E-state index in [9.17, 15) is 25.2 Å². The van der Waals surface area contributed by atoms with Crippen LogP contribution in [0.15, 0.2) is 11.6 Å². The summed E-state index contributed by atoms with van der Waals surface area (Å²) in [5, 5.41) is 45.6. The van der Waals surface area contributed by atoms with Crippen LogP contribution in [0.4, 0.5) is 0 Å². The van der Waals surface area contributed by atoms with Gasteiger partial charge in [-0.05, 0) is 68.6 Å². The molecule has 4 saturated carbocycles. The zero-order valence-electron chi connectivity index (χ0n) is 17.5. The van der Waals surface area contributed by atoms with Crippen LogP contribution in [-0.4, -0.2) is 55.9 Å². The third-order valence-electron chi connectivity index (χ3n) is 10.3. The van der Waals surface area contributed by atoms with Gasteiger partial charge in [0.25, 0.3) is 0 Å². The van der Waals surface area contributed by atoms with E-state index in [0.29, 0.717) is 50.5 Å². The molecule has 162 valence electrons. The first-order valence-corrected chi connectivity index (χ1v) is 11.2. The molecule has 0 amide bonds. The maximum absolute atomic E-state index is 12.1. The van der Waals surface area contributed by atoms with Crippen molar-refractivity contribution in [2.24, 2.45) is 22.7 Å². The number of fused-ring (bicyclic) bond motifs is 5. The van der Waals surface area contributed by atoms with Crippen molar-refractivity contribution in [3.05, 3.63) is 11.6 Å². The second-order valence-electron chi connectivity index (χ2n) is 11.0. The Kier molecular flexibility index (Phi) is 4.03. The summed E-state index contributed by atoms with van der Waals surface area (Å²) < 4.78 is 5.09. The molecule has 0 aromatic rings. The number of aliphatic hydroxyl groups is 4. The largest absolute Gasteiger partial charge is 0.458 e. The van der Waals surface area contributed by atoms with E-state index in [1.165, 1.54) is 6.08 Å². The number of esters is 1. The molecule has 1 aliphatic heterocycles. The highest BCUT2D eigenvalue weighted by atomic mass is 16.5. The summed E-state index contributed by atoms with van der Waals surface area (Å²) in [5.74, 6) is -0.267. The molecule has 29 heavy (non-hydrogen) atoms. The average Bonchev–Trinajstić information content (AvgIpc) is 3.18. The lowest BCUT2D eigenvalue weighted by molar-refractivity contribution is -0.265. The van der Waals surface area contributed by atoms with E-state index in [1.807, 2.05) is 6.92 Å². The van der Waals surface area contributed by atoms with Crippen LogP contribution < -0.4 is 0 Å².